The lowest BCUT2D eigenvalue weighted by Crippen LogP contribution is -2.30. The summed E-state index contributed by atoms with van der Waals surface area (Å²) in [7, 11) is -2.59. The van der Waals surface area contributed by atoms with Crippen LogP contribution in [0.1, 0.15) is 12.8 Å². The van der Waals surface area contributed by atoms with Crippen LogP contribution in [0.5, 0.6) is 5.75 Å². The Morgan fingerprint density at radius 3 is 2.59 bits per heavy atom. The van der Waals surface area contributed by atoms with E-state index in [2.05, 4.69) is 4.74 Å². The third kappa shape index (κ3) is 2.94. The SMILES string of the molecule is O=C1CCC([PH](=O)Oc2ccccc2)C(=O)O1. The molecule has 0 saturated carbocycles. The van der Waals surface area contributed by atoms with Crippen molar-refractivity contribution in [2.45, 2.75) is 18.5 Å². The Labute approximate surface area is 98.6 Å². The number of carbonyl (C=O) groups is 2. The molecule has 0 aromatic heterocycles. The van der Waals surface area contributed by atoms with Crippen LogP contribution in [0.4, 0.5) is 0 Å². The van der Waals surface area contributed by atoms with Crippen LogP contribution in [0.25, 0.3) is 0 Å². The third-order valence-corrected chi connectivity index (χ3v) is 3.91. The fourth-order valence-corrected chi connectivity index (χ4v) is 2.65. The van der Waals surface area contributed by atoms with Crippen LogP contribution in [0, 0.1) is 0 Å². The molecular weight excluding hydrogens is 243 g/mol. The van der Waals surface area contributed by atoms with E-state index < -0.39 is 25.6 Å². The molecule has 0 radical (unpaired) electrons. The van der Waals surface area contributed by atoms with Gasteiger partial charge < -0.3 is 9.26 Å². The zero-order valence-electron chi connectivity index (χ0n) is 8.92. The standard InChI is InChI=1S/C11H11O5P/c12-10-7-6-9(11(13)15-10)17(14)16-8-4-2-1-3-5-8/h1-5,9,17H,6-7H2. The highest BCUT2D eigenvalue weighted by atomic mass is 31.1. The predicted molar refractivity (Wildman–Crippen MR) is 60.2 cm³/mol. The molecule has 1 aromatic carbocycles. The second-order valence-corrected chi connectivity index (χ2v) is 5.16. The largest absolute Gasteiger partial charge is 0.444 e. The van der Waals surface area contributed by atoms with Crippen molar-refractivity contribution < 1.29 is 23.4 Å². The van der Waals surface area contributed by atoms with Crippen LogP contribution in [-0.4, -0.2) is 17.6 Å². The summed E-state index contributed by atoms with van der Waals surface area (Å²) in [4.78, 5) is 22.2. The maximum absolute atomic E-state index is 11.8. The summed E-state index contributed by atoms with van der Waals surface area (Å²) in [6.45, 7) is 0. The highest BCUT2D eigenvalue weighted by Crippen LogP contribution is 2.36. The first kappa shape index (κ1) is 11.9. The van der Waals surface area contributed by atoms with Crippen molar-refractivity contribution >= 4 is 20.0 Å². The molecule has 1 aliphatic rings. The number of para-hydroxylation sites is 1. The van der Waals surface area contributed by atoms with Crippen LogP contribution in [0.3, 0.4) is 0 Å². The molecule has 2 rings (SSSR count). The number of rotatable bonds is 3. The summed E-state index contributed by atoms with van der Waals surface area (Å²) in [5, 5.41) is 0. The van der Waals surface area contributed by atoms with Crippen molar-refractivity contribution in [2.24, 2.45) is 0 Å². The van der Waals surface area contributed by atoms with Crippen molar-refractivity contribution in [2.75, 3.05) is 0 Å². The lowest BCUT2D eigenvalue weighted by atomic mass is 10.2. The number of hydrogen-bond donors (Lipinski definition) is 0. The molecule has 0 amide bonds. The molecule has 0 aliphatic carbocycles. The van der Waals surface area contributed by atoms with Gasteiger partial charge in [-0.2, -0.15) is 0 Å². The monoisotopic (exact) mass is 254 g/mol. The molecule has 6 heteroatoms. The van der Waals surface area contributed by atoms with Gasteiger partial charge in [-0.3, -0.25) is 14.2 Å². The van der Waals surface area contributed by atoms with Crippen LogP contribution in [0.15, 0.2) is 30.3 Å². The Hall–Kier alpha value is -1.61. The molecule has 17 heavy (non-hydrogen) atoms. The maximum Gasteiger partial charge on any atom is 0.327 e. The van der Waals surface area contributed by atoms with Gasteiger partial charge in [0.1, 0.15) is 11.4 Å². The van der Waals surface area contributed by atoms with Gasteiger partial charge in [-0.1, -0.05) is 18.2 Å². The van der Waals surface area contributed by atoms with E-state index in [-0.39, 0.29) is 12.8 Å². The van der Waals surface area contributed by atoms with E-state index in [1.54, 1.807) is 30.3 Å². The van der Waals surface area contributed by atoms with Gasteiger partial charge in [-0.05, 0) is 18.6 Å². The minimum atomic E-state index is -2.59. The molecule has 2 atom stereocenters. The van der Waals surface area contributed by atoms with Crippen molar-refractivity contribution in [3.63, 3.8) is 0 Å². The van der Waals surface area contributed by atoms with Crippen LogP contribution in [0.2, 0.25) is 0 Å². The van der Waals surface area contributed by atoms with Gasteiger partial charge in [-0.25, -0.2) is 0 Å². The van der Waals surface area contributed by atoms with Crippen LogP contribution >= 0.6 is 8.03 Å². The summed E-state index contributed by atoms with van der Waals surface area (Å²) in [5.74, 6) is -0.872. The minimum Gasteiger partial charge on any atom is -0.444 e. The number of benzene rings is 1. The molecule has 1 saturated heterocycles. The fourth-order valence-electron chi connectivity index (χ4n) is 1.50. The minimum absolute atomic E-state index is 0.102. The molecule has 1 heterocycles. The highest BCUT2D eigenvalue weighted by molar-refractivity contribution is 7.41. The van der Waals surface area contributed by atoms with Gasteiger partial charge in [0.25, 0.3) is 8.03 Å². The van der Waals surface area contributed by atoms with Gasteiger partial charge in [0.05, 0.1) is 0 Å². The van der Waals surface area contributed by atoms with Crippen molar-refractivity contribution in [1.82, 2.24) is 0 Å². The first-order chi connectivity index (χ1) is 8.16. The van der Waals surface area contributed by atoms with Crippen molar-refractivity contribution in [3.05, 3.63) is 30.3 Å². The lowest BCUT2D eigenvalue weighted by Gasteiger charge is -2.19. The van der Waals surface area contributed by atoms with Gasteiger partial charge in [-0.15, -0.1) is 0 Å². The Balaban J connectivity index is 2.01. The van der Waals surface area contributed by atoms with E-state index in [4.69, 9.17) is 4.52 Å². The Kier molecular flexibility index (Phi) is 3.59. The molecule has 5 nitrogen and oxygen atoms in total. The molecular formula is C11H11O5P. The van der Waals surface area contributed by atoms with E-state index in [9.17, 15) is 14.2 Å². The van der Waals surface area contributed by atoms with Gasteiger partial charge in [0.15, 0.2) is 0 Å². The molecule has 0 spiro atoms. The van der Waals surface area contributed by atoms with Crippen molar-refractivity contribution in [1.29, 1.82) is 0 Å². The third-order valence-electron chi connectivity index (χ3n) is 2.38. The quantitative estimate of drug-likeness (QED) is 0.467. The zero-order chi connectivity index (χ0) is 12.3. The summed E-state index contributed by atoms with van der Waals surface area (Å²) >= 11 is 0. The van der Waals surface area contributed by atoms with Gasteiger partial charge in [0.2, 0.25) is 0 Å². The molecule has 90 valence electrons. The number of ether oxygens (including phenoxy) is 1. The molecule has 2 unspecified atom stereocenters. The molecule has 1 fully saturated rings. The number of cyclic esters (lactones) is 2. The van der Waals surface area contributed by atoms with E-state index >= 15 is 0 Å². The van der Waals surface area contributed by atoms with Crippen molar-refractivity contribution in [3.8, 4) is 5.75 Å². The summed E-state index contributed by atoms with van der Waals surface area (Å²) in [5.41, 5.74) is -0.821. The second kappa shape index (κ2) is 5.15. The molecule has 0 bridgehead atoms. The Morgan fingerprint density at radius 2 is 1.94 bits per heavy atom. The Morgan fingerprint density at radius 1 is 1.24 bits per heavy atom. The number of hydrogen-bond acceptors (Lipinski definition) is 5. The first-order valence-electron chi connectivity index (χ1n) is 5.18. The van der Waals surface area contributed by atoms with E-state index in [0.717, 1.165) is 0 Å². The average Bonchev–Trinajstić information content (AvgIpc) is 2.30. The predicted octanol–water partition coefficient (Wildman–Crippen LogP) is 1.77. The van der Waals surface area contributed by atoms with Gasteiger partial charge >= 0.3 is 11.9 Å². The Bertz CT molecular complexity index is 456. The second-order valence-electron chi connectivity index (χ2n) is 3.62. The van der Waals surface area contributed by atoms with Gasteiger partial charge in [0, 0.05) is 6.42 Å². The highest BCUT2D eigenvalue weighted by Gasteiger charge is 2.34. The first-order valence-corrected chi connectivity index (χ1v) is 6.57. The number of carbonyl (C=O) groups excluding carboxylic acids is 2. The van der Waals surface area contributed by atoms with E-state index in [0.29, 0.717) is 5.75 Å². The topological polar surface area (TPSA) is 69.7 Å². The molecule has 1 aliphatic heterocycles. The normalized spacial score (nSPS) is 21.8. The van der Waals surface area contributed by atoms with E-state index in [1.165, 1.54) is 0 Å². The summed E-state index contributed by atoms with van der Waals surface area (Å²) in [6, 6.07) is 8.60. The zero-order valence-corrected chi connectivity index (χ0v) is 9.92. The molecule has 1 aromatic rings. The maximum atomic E-state index is 11.8. The lowest BCUT2D eigenvalue weighted by molar-refractivity contribution is -0.162. The van der Waals surface area contributed by atoms with E-state index in [1.807, 2.05) is 0 Å². The van der Waals surface area contributed by atoms with Crippen LogP contribution < -0.4 is 4.52 Å². The smallest absolute Gasteiger partial charge is 0.327 e. The fraction of sp³-hybridized carbons (Fsp3) is 0.273. The molecule has 0 N–H and O–H groups in total. The summed E-state index contributed by atoms with van der Waals surface area (Å²) in [6.07, 6.45) is 0.327. The average molecular weight is 254 g/mol. The van der Waals surface area contributed by atoms with Crippen LogP contribution in [-0.2, 0) is 18.9 Å². The summed E-state index contributed by atoms with van der Waals surface area (Å²) < 4.78 is 21.5. The number of esters is 2.